The molecule has 26 heavy (non-hydrogen) atoms. The van der Waals surface area contributed by atoms with E-state index in [0.717, 1.165) is 10.2 Å². The highest BCUT2D eigenvalue weighted by molar-refractivity contribution is 9.10. The molecule has 0 aliphatic carbocycles. The molecule has 0 atom stereocenters. The molecule has 0 radical (unpaired) electrons. The number of benzene rings is 2. The normalized spacial score (nSPS) is 14.2. The van der Waals surface area contributed by atoms with Gasteiger partial charge in [0.05, 0.1) is 12.7 Å². The van der Waals surface area contributed by atoms with Crippen LogP contribution in [0.2, 0.25) is 0 Å². The molecular weight excluding hydrogens is 396 g/mol. The van der Waals surface area contributed by atoms with E-state index in [-0.39, 0.29) is 11.8 Å². The maximum atomic E-state index is 12.9. The van der Waals surface area contributed by atoms with E-state index in [0.29, 0.717) is 35.5 Å². The number of carbonyl (C=O) groups is 2. The molecule has 2 amide bonds. The number of hydrogen-bond donors (Lipinski definition) is 1. The first-order valence-electron chi connectivity index (χ1n) is 8.32. The molecule has 134 valence electrons. The predicted molar refractivity (Wildman–Crippen MR) is 105 cm³/mol. The van der Waals surface area contributed by atoms with Crippen molar-refractivity contribution in [3.05, 3.63) is 64.3 Å². The van der Waals surface area contributed by atoms with Gasteiger partial charge in [0.1, 0.15) is 11.4 Å². The van der Waals surface area contributed by atoms with Crippen LogP contribution in [0.3, 0.4) is 0 Å². The van der Waals surface area contributed by atoms with E-state index >= 15 is 0 Å². The molecule has 5 nitrogen and oxygen atoms in total. The molecule has 2 aromatic carbocycles. The van der Waals surface area contributed by atoms with Gasteiger partial charge in [-0.15, -0.1) is 0 Å². The third-order valence-corrected chi connectivity index (χ3v) is 4.58. The fourth-order valence-electron chi connectivity index (χ4n) is 2.85. The summed E-state index contributed by atoms with van der Waals surface area (Å²) >= 11 is 3.42. The Hall–Kier alpha value is -2.60. The van der Waals surface area contributed by atoms with Gasteiger partial charge in [-0.05, 0) is 42.3 Å². The highest BCUT2D eigenvalue weighted by Gasteiger charge is 2.38. The molecule has 6 heteroatoms. The molecular formula is C20H19BrN2O3. The fraction of sp³-hybridized carbons (Fsp3) is 0.200. The number of halogens is 1. The van der Waals surface area contributed by atoms with Gasteiger partial charge in [0.15, 0.2) is 0 Å². The van der Waals surface area contributed by atoms with Gasteiger partial charge in [-0.3, -0.25) is 14.5 Å². The number of nitrogens with one attached hydrogen (secondary N) is 1. The van der Waals surface area contributed by atoms with Gasteiger partial charge >= 0.3 is 0 Å². The zero-order valence-electron chi connectivity index (χ0n) is 14.6. The van der Waals surface area contributed by atoms with E-state index in [1.165, 1.54) is 4.90 Å². The van der Waals surface area contributed by atoms with E-state index in [2.05, 4.69) is 21.2 Å². The van der Waals surface area contributed by atoms with Crippen LogP contribution in [0.4, 0.5) is 5.69 Å². The number of carbonyl (C=O) groups excluding carboxylic acids is 2. The SMILES string of the molecule is CCCN1C(=O)C(Nc2cccc(Br)c2)=C(c2ccc(OC)cc2)C1=O. The van der Waals surface area contributed by atoms with E-state index in [1.54, 1.807) is 31.4 Å². The number of amides is 2. The minimum Gasteiger partial charge on any atom is -0.497 e. The maximum Gasteiger partial charge on any atom is 0.278 e. The molecule has 3 rings (SSSR count). The number of anilines is 1. The average molecular weight is 415 g/mol. The van der Waals surface area contributed by atoms with Crippen molar-refractivity contribution >= 4 is 39.0 Å². The smallest absolute Gasteiger partial charge is 0.278 e. The van der Waals surface area contributed by atoms with Crippen molar-refractivity contribution in [3.63, 3.8) is 0 Å². The van der Waals surface area contributed by atoms with Crippen LogP contribution < -0.4 is 10.1 Å². The monoisotopic (exact) mass is 414 g/mol. The van der Waals surface area contributed by atoms with Crippen LogP contribution in [-0.2, 0) is 9.59 Å². The molecule has 0 spiro atoms. The average Bonchev–Trinajstić information content (AvgIpc) is 2.87. The predicted octanol–water partition coefficient (Wildman–Crippen LogP) is 4.06. The lowest BCUT2D eigenvalue weighted by molar-refractivity contribution is -0.136. The number of ether oxygens (including phenoxy) is 1. The van der Waals surface area contributed by atoms with Crippen LogP contribution in [0, 0.1) is 0 Å². The quantitative estimate of drug-likeness (QED) is 0.723. The highest BCUT2D eigenvalue weighted by Crippen LogP contribution is 2.31. The summed E-state index contributed by atoms with van der Waals surface area (Å²) < 4.78 is 6.06. The van der Waals surface area contributed by atoms with Gasteiger partial charge in [0.25, 0.3) is 11.8 Å². The standard InChI is InChI=1S/C20H19BrN2O3/c1-3-11-23-19(24)17(13-7-9-16(26-2)10-8-13)18(20(23)25)22-15-6-4-5-14(21)12-15/h4-10,12,22H,3,11H2,1-2H3. The Morgan fingerprint density at radius 1 is 1.08 bits per heavy atom. The molecule has 0 bridgehead atoms. The first-order chi connectivity index (χ1) is 12.5. The Kier molecular flexibility index (Phi) is 5.42. The summed E-state index contributed by atoms with van der Waals surface area (Å²) in [6.07, 6.45) is 0.706. The topological polar surface area (TPSA) is 58.6 Å². The summed E-state index contributed by atoms with van der Waals surface area (Å²) in [6.45, 7) is 2.33. The minimum atomic E-state index is -0.303. The second kappa shape index (κ2) is 7.74. The van der Waals surface area contributed by atoms with Gasteiger partial charge < -0.3 is 10.1 Å². The lowest BCUT2D eigenvalue weighted by atomic mass is 10.0. The van der Waals surface area contributed by atoms with Crippen LogP contribution in [0.5, 0.6) is 5.75 Å². The van der Waals surface area contributed by atoms with Crippen molar-refractivity contribution in [3.8, 4) is 5.75 Å². The second-order valence-electron chi connectivity index (χ2n) is 5.88. The molecule has 1 N–H and O–H groups in total. The number of imide groups is 1. The van der Waals surface area contributed by atoms with Gasteiger partial charge in [0, 0.05) is 16.7 Å². The molecule has 1 heterocycles. The Labute approximate surface area is 160 Å². The zero-order chi connectivity index (χ0) is 18.7. The largest absolute Gasteiger partial charge is 0.497 e. The van der Waals surface area contributed by atoms with Gasteiger partial charge in [-0.2, -0.15) is 0 Å². The first-order valence-corrected chi connectivity index (χ1v) is 9.12. The third-order valence-electron chi connectivity index (χ3n) is 4.09. The number of hydrogen-bond acceptors (Lipinski definition) is 4. The molecule has 1 aliphatic rings. The molecule has 0 aromatic heterocycles. The second-order valence-corrected chi connectivity index (χ2v) is 6.79. The van der Waals surface area contributed by atoms with E-state index in [9.17, 15) is 9.59 Å². The summed E-state index contributed by atoms with van der Waals surface area (Å²) in [5, 5.41) is 3.13. The van der Waals surface area contributed by atoms with Crippen LogP contribution in [-0.4, -0.2) is 30.4 Å². The van der Waals surface area contributed by atoms with Crippen molar-refractivity contribution < 1.29 is 14.3 Å². The van der Waals surface area contributed by atoms with Crippen molar-refractivity contribution in [2.75, 3.05) is 19.0 Å². The maximum absolute atomic E-state index is 12.9. The highest BCUT2D eigenvalue weighted by atomic mass is 79.9. The van der Waals surface area contributed by atoms with Gasteiger partial charge in [-0.25, -0.2) is 0 Å². The van der Waals surface area contributed by atoms with Crippen LogP contribution in [0.1, 0.15) is 18.9 Å². The van der Waals surface area contributed by atoms with Crippen LogP contribution >= 0.6 is 15.9 Å². The molecule has 0 fully saturated rings. The summed E-state index contributed by atoms with van der Waals surface area (Å²) in [5.74, 6) is 0.111. The van der Waals surface area contributed by atoms with Crippen molar-refractivity contribution in [2.24, 2.45) is 0 Å². The summed E-state index contributed by atoms with van der Waals surface area (Å²) in [4.78, 5) is 27.0. The number of nitrogens with zero attached hydrogens (tertiary/aromatic N) is 1. The molecule has 2 aromatic rings. The zero-order valence-corrected chi connectivity index (χ0v) is 16.2. The Bertz CT molecular complexity index is 875. The summed E-state index contributed by atoms with van der Waals surface area (Å²) in [5.41, 5.74) is 2.10. The lowest BCUT2D eigenvalue weighted by Crippen LogP contribution is -2.33. The first kappa shape index (κ1) is 18.2. The van der Waals surface area contributed by atoms with E-state index in [1.807, 2.05) is 31.2 Å². The molecule has 0 unspecified atom stereocenters. The van der Waals surface area contributed by atoms with E-state index < -0.39 is 0 Å². The van der Waals surface area contributed by atoms with Gasteiger partial charge in [-0.1, -0.05) is 41.1 Å². The Morgan fingerprint density at radius 3 is 2.42 bits per heavy atom. The van der Waals surface area contributed by atoms with Crippen molar-refractivity contribution in [1.29, 1.82) is 0 Å². The third kappa shape index (κ3) is 3.51. The van der Waals surface area contributed by atoms with E-state index in [4.69, 9.17) is 4.74 Å². The Morgan fingerprint density at radius 2 is 1.81 bits per heavy atom. The van der Waals surface area contributed by atoms with Crippen LogP contribution in [0.15, 0.2) is 58.7 Å². The van der Waals surface area contributed by atoms with Crippen molar-refractivity contribution in [2.45, 2.75) is 13.3 Å². The summed E-state index contributed by atoms with van der Waals surface area (Å²) in [7, 11) is 1.59. The summed E-state index contributed by atoms with van der Waals surface area (Å²) in [6, 6.07) is 14.6. The molecule has 0 saturated heterocycles. The van der Waals surface area contributed by atoms with Gasteiger partial charge in [0.2, 0.25) is 0 Å². The van der Waals surface area contributed by atoms with Crippen molar-refractivity contribution in [1.82, 2.24) is 4.90 Å². The van der Waals surface area contributed by atoms with Crippen LogP contribution in [0.25, 0.3) is 5.57 Å². The minimum absolute atomic E-state index is 0.278. The Balaban J connectivity index is 2.05. The number of rotatable bonds is 6. The molecule has 0 saturated carbocycles. The lowest BCUT2D eigenvalue weighted by Gasteiger charge is -2.13. The fourth-order valence-corrected chi connectivity index (χ4v) is 3.25. The molecule has 1 aliphatic heterocycles. The number of methoxy groups -OCH3 is 1.